The molecule has 0 aliphatic carbocycles. The van der Waals surface area contributed by atoms with Gasteiger partial charge in [-0.25, -0.2) is 22.9 Å². The van der Waals surface area contributed by atoms with Crippen molar-refractivity contribution >= 4 is 38.6 Å². The van der Waals surface area contributed by atoms with Gasteiger partial charge in [0.05, 0.1) is 26.5 Å². The van der Waals surface area contributed by atoms with Crippen LogP contribution in [0.2, 0.25) is 5.02 Å². The summed E-state index contributed by atoms with van der Waals surface area (Å²) >= 11 is 6.34. The molecule has 11 heteroatoms. The predicted octanol–water partition coefficient (Wildman–Crippen LogP) is 6.22. The minimum absolute atomic E-state index is 0.117. The quantitative estimate of drug-likeness (QED) is 0.253. The molecule has 3 atom stereocenters. The molecule has 1 unspecified atom stereocenters. The second-order valence-electron chi connectivity index (χ2n) is 13.3. The average molecular weight is 664 g/mol. The van der Waals surface area contributed by atoms with Crippen molar-refractivity contribution in [2.45, 2.75) is 80.3 Å². The maximum absolute atomic E-state index is 14.6. The highest BCUT2D eigenvalue weighted by molar-refractivity contribution is 7.89. The van der Waals surface area contributed by atoms with Crippen LogP contribution in [-0.4, -0.2) is 65.4 Å². The first-order chi connectivity index (χ1) is 22.0. The van der Waals surface area contributed by atoms with Gasteiger partial charge in [-0.2, -0.15) is 0 Å². The number of amides is 1. The van der Waals surface area contributed by atoms with Crippen LogP contribution in [0.1, 0.15) is 72.7 Å². The fourth-order valence-electron chi connectivity index (χ4n) is 8.45. The van der Waals surface area contributed by atoms with Crippen LogP contribution in [0, 0.1) is 12.7 Å². The fraction of sp³-hybridized carbons (Fsp3) is 0.429. The van der Waals surface area contributed by atoms with Crippen molar-refractivity contribution < 1.29 is 17.6 Å². The molecule has 3 saturated heterocycles. The van der Waals surface area contributed by atoms with Crippen LogP contribution >= 0.6 is 11.6 Å². The minimum Gasteiger partial charge on any atom is -0.339 e. The fourth-order valence-corrected chi connectivity index (χ4v) is 9.18. The third kappa shape index (κ3) is 5.74. The highest BCUT2D eigenvalue weighted by atomic mass is 35.5. The number of hydrogen-bond donors (Lipinski definition) is 1. The van der Waals surface area contributed by atoms with Crippen LogP contribution < -0.4 is 5.14 Å². The number of piperidine rings is 2. The molecule has 1 aromatic heterocycles. The lowest BCUT2D eigenvalue weighted by molar-refractivity contribution is 0.0606. The van der Waals surface area contributed by atoms with E-state index in [0.717, 1.165) is 42.7 Å². The zero-order chi connectivity index (χ0) is 32.2. The van der Waals surface area contributed by atoms with E-state index < -0.39 is 10.0 Å². The molecule has 8 nitrogen and oxygen atoms in total. The number of rotatable bonds is 7. The molecule has 1 amide bonds. The number of imidazole rings is 1. The van der Waals surface area contributed by atoms with E-state index in [1.165, 1.54) is 42.6 Å². The Labute approximate surface area is 274 Å². The maximum atomic E-state index is 14.6. The van der Waals surface area contributed by atoms with Gasteiger partial charge in [0.25, 0.3) is 5.91 Å². The van der Waals surface area contributed by atoms with Crippen molar-refractivity contribution in [3.63, 3.8) is 0 Å². The molecule has 3 aromatic carbocycles. The van der Waals surface area contributed by atoms with Crippen LogP contribution in [0.4, 0.5) is 4.39 Å². The molecule has 3 fully saturated rings. The number of aryl methyl sites for hydroxylation is 1. The largest absolute Gasteiger partial charge is 0.339 e. The second-order valence-corrected chi connectivity index (χ2v) is 15.3. The van der Waals surface area contributed by atoms with Crippen LogP contribution in [-0.2, 0) is 15.4 Å². The first-order valence-electron chi connectivity index (χ1n) is 16.1. The number of primary sulfonamides is 1. The van der Waals surface area contributed by atoms with Crippen molar-refractivity contribution in [1.82, 2.24) is 19.4 Å². The number of likely N-dealkylation sites (tertiary alicyclic amines) is 1. The first kappa shape index (κ1) is 31.3. The third-order valence-electron chi connectivity index (χ3n) is 10.8. The molecule has 46 heavy (non-hydrogen) atoms. The summed E-state index contributed by atoms with van der Waals surface area (Å²) in [5.41, 5.74) is 3.06. The Morgan fingerprint density at radius 2 is 1.72 bits per heavy atom. The smallest absolute Gasteiger partial charge is 0.255 e. The van der Waals surface area contributed by atoms with Gasteiger partial charge in [0.1, 0.15) is 11.6 Å². The Balaban J connectivity index is 1.08. The number of halogens is 2. The zero-order valence-electron chi connectivity index (χ0n) is 25.9. The van der Waals surface area contributed by atoms with Crippen LogP contribution in [0.15, 0.2) is 71.6 Å². The molecule has 3 aliphatic heterocycles. The van der Waals surface area contributed by atoms with Crippen LogP contribution in [0.25, 0.3) is 11.0 Å². The monoisotopic (exact) mass is 663 g/mol. The number of hydrogen-bond acceptors (Lipinski definition) is 5. The van der Waals surface area contributed by atoms with E-state index in [1.807, 2.05) is 12.1 Å². The van der Waals surface area contributed by atoms with E-state index >= 15 is 0 Å². The van der Waals surface area contributed by atoms with Crippen molar-refractivity contribution in [3.8, 4) is 0 Å². The van der Waals surface area contributed by atoms with Gasteiger partial charge in [-0.05, 0) is 112 Å². The van der Waals surface area contributed by atoms with Crippen molar-refractivity contribution in [2.24, 2.45) is 5.14 Å². The zero-order valence-corrected chi connectivity index (χ0v) is 27.5. The highest BCUT2D eigenvalue weighted by Gasteiger charge is 2.44. The molecule has 0 saturated carbocycles. The Morgan fingerprint density at radius 1 is 1.00 bits per heavy atom. The number of nitrogens with zero attached hydrogens (tertiary/aromatic N) is 4. The number of carbonyl (C=O) groups excluding carboxylic acids is 1. The van der Waals surface area contributed by atoms with E-state index in [4.69, 9.17) is 21.7 Å². The number of nitrogens with two attached hydrogens (primary N) is 1. The van der Waals surface area contributed by atoms with Crippen molar-refractivity contribution in [2.75, 3.05) is 19.6 Å². The number of para-hydroxylation sites is 2. The molecule has 7 rings (SSSR count). The standard InChI is InChI=1S/C35H39ClFN5O3S/c1-23-39-32-7-2-3-8-33(32)42(23)28-20-26-9-10-27(21-28)41(26)18-15-35(24-5-4-6-25(37)19-24)13-16-40(17-14-35)34(43)30-22-29(46(38,44)45)11-12-31(30)36/h2-8,11-12,19,22,26-28H,9-10,13-18,20-21H2,1H3,(H2,38,44,45)/t26-,27+,28?. The second kappa shape index (κ2) is 12.0. The Morgan fingerprint density at radius 3 is 2.41 bits per heavy atom. The molecule has 0 radical (unpaired) electrons. The molecular weight excluding hydrogens is 625 g/mol. The summed E-state index contributed by atoms with van der Waals surface area (Å²) in [6.45, 7) is 3.93. The van der Waals surface area contributed by atoms with Gasteiger partial charge < -0.3 is 9.47 Å². The Hall–Kier alpha value is -3.31. The molecule has 2 N–H and O–H groups in total. The summed E-state index contributed by atoms with van der Waals surface area (Å²) in [5.74, 6) is 0.486. The van der Waals surface area contributed by atoms with E-state index in [1.54, 1.807) is 17.0 Å². The Bertz CT molecular complexity index is 1890. The minimum atomic E-state index is -3.99. The van der Waals surface area contributed by atoms with E-state index in [-0.39, 0.29) is 32.6 Å². The van der Waals surface area contributed by atoms with Gasteiger partial charge in [0.2, 0.25) is 10.0 Å². The highest BCUT2D eigenvalue weighted by Crippen LogP contribution is 2.45. The molecule has 0 spiro atoms. The molecule has 2 bridgehead atoms. The Kier molecular flexibility index (Phi) is 8.20. The predicted molar refractivity (Wildman–Crippen MR) is 177 cm³/mol. The van der Waals surface area contributed by atoms with Crippen LogP contribution in [0.5, 0.6) is 0 Å². The summed E-state index contributed by atoms with van der Waals surface area (Å²) < 4.78 is 40.9. The van der Waals surface area contributed by atoms with Crippen LogP contribution in [0.3, 0.4) is 0 Å². The number of fused-ring (bicyclic) bond motifs is 3. The molecule has 3 aliphatic rings. The normalized spacial score (nSPS) is 23.2. The van der Waals surface area contributed by atoms with Crippen molar-refractivity contribution in [3.05, 3.63) is 94.5 Å². The first-order valence-corrected chi connectivity index (χ1v) is 18.0. The molecule has 4 heterocycles. The number of benzene rings is 3. The average Bonchev–Trinajstić information content (AvgIpc) is 3.49. The lowest BCUT2D eigenvalue weighted by atomic mass is 9.70. The molecular formula is C35H39ClFN5O3S. The molecule has 242 valence electrons. The maximum Gasteiger partial charge on any atom is 0.255 e. The van der Waals surface area contributed by atoms with Gasteiger partial charge in [0, 0.05) is 31.2 Å². The van der Waals surface area contributed by atoms with Gasteiger partial charge in [-0.1, -0.05) is 35.9 Å². The lowest BCUT2D eigenvalue weighted by Gasteiger charge is -2.45. The van der Waals surface area contributed by atoms with Gasteiger partial charge in [0.15, 0.2) is 0 Å². The summed E-state index contributed by atoms with van der Waals surface area (Å²) in [6.07, 6.45) is 6.74. The topological polar surface area (TPSA) is 102 Å². The van der Waals surface area contributed by atoms with E-state index in [9.17, 15) is 17.6 Å². The third-order valence-corrected chi connectivity index (χ3v) is 12.0. The lowest BCUT2D eigenvalue weighted by Crippen LogP contribution is -2.49. The summed E-state index contributed by atoms with van der Waals surface area (Å²) in [6, 6.07) is 20.7. The van der Waals surface area contributed by atoms with Crippen molar-refractivity contribution in [1.29, 1.82) is 0 Å². The van der Waals surface area contributed by atoms with Gasteiger partial charge in [-0.15, -0.1) is 0 Å². The number of carbonyl (C=O) groups is 1. The van der Waals surface area contributed by atoms with Gasteiger partial charge in [-0.3, -0.25) is 9.69 Å². The summed E-state index contributed by atoms with van der Waals surface area (Å²) in [5, 5.41) is 5.49. The van der Waals surface area contributed by atoms with Gasteiger partial charge >= 0.3 is 0 Å². The molecule has 4 aromatic rings. The summed E-state index contributed by atoms with van der Waals surface area (Å²) in [4.78, 5) is 22.7. The van der Waals surface area contributed by atoms with E-state index in [2.05, 4.69) is 34.6 Å². The summed E-state index contributed by atoms with van der Waals surface area (Å²) in [7, 11) is -3.99. The van der Waals surface area contributed by atoms with E-state index in [0.29, 0.717) is 44.1 Å². The number of aromatic nitrogens is 2. The SMILES string of the molecule is Cc1nc2ccccc2n1C1C[C@H]2CC[C@@H](C1)N2CCC1(c2cccc(F)c2)CCN(C(=O)c2cc(S(N)(=O)=O)ccc2Cl)CC1. The number of sulfonamides is 1.